The van der Waals surface area contributed by atoms with Crippen molar-refractivity contribution in [3.05, 3.63) is 34.9 Å². The lowest BCUT2D eigenvalue weighted by atomic mass is 9.98. The van der Waals surface area contributed by atoms with Crippen molar-refractivity contribution in [2.45, 2.75) is 38.2 Å². The van der Waals surface area contributed by atoms with Gasteiger partial charge in [-0.25, -0.2) is 4.79 Å². The van der Waals surface area contributed by atoms with Gasteiger partial charge in [0.1, 0.15) is 6.04 Å². The van der Waals surface area contributed by atoms with E-state index in [9.17, 15) is 35.9 Å². The largest absolute Gasteiger partial charge is 0.467 e. The lowest BCUT2D eigenvalue weighted by molar-refractivity contribution is -0.146. The van der Waals surface area contributed by atoms with Gasteiger partial charge in [0, 0.05) is 12.3 Å². The van der Waals surface area contributed by atoms with Gasteiger partial charge < -0.3 is 10.1 Å². The second-order valence-corrected chi connectivity index (χ2v) is 6.00. The second-order valence-electron chi connectivity index (χ2n) is 6.00. The molecule has 11 heteroatoms. The summed E-state index contributed by atoms with van der Waals surface area (Å²) >= 11 is 0. The monoisotopic (exact) mass is 410 g/mol. The fourth-order valence-corrected chi connectivity index (χ4v) is 2.35. The molecule has 5 nitrogen and oxygen atoms in total. The van der Waals surface area contributed by atoms with Crippen LogP contribution in [-0.4, -0.2) is 25.0 Å². The lowest BCUT2D eigenvalue weighted by Crippen LogP contribution is -2.46. The summed E-state index contributed by atoms with van der Waals surface area (Å²) in [5, 5.41) is 10.9. The van der Waals surface area contributed by atoms with Crippen LogP contribution in [0.3, 0.4) is 0 Å². The highest BCUT2D eigenvalue weighted by Crippen LogP contribution is 2.36. The predicted molar refractivity (Wildman–Crippen MR) is 83.5 cm³/mol. The van der Waals surface area contributed by atoms with Gasteiger partial charge in [0.2, 0.25) is 5.91 Å². The normalized spacial score (nSPS) is 14.0. The number of hydrogen-bond donors (Lipinski definition) is 1. The molecular formula is C17H16F6N2O3. The van der Waals surface area contributed by atoms with E-state index in [1.807, 2.05) is 0 Å². The average molecular weight is 410 g/mol. The van der Waals surface area contributed by atoms with Gasteiger partial charge in [0.25, 0.3) is 0 Å². The van der Waals surface area contributed by atoms with E-state index in [0.717, 1.165) is 7.11 Å². The molecule has 0 spiro atoms. The number of alkyl halides is 6. The molecule has 1 aromatic carbocycles. The minimum Gasteiger partial charge on any atom is -0.467 e. The van der Waals surface area contributed by atoms with Crippen LogP contribution in [0.1, 0.15) is 30.0 Å². The Bertz CT molecular complexity index is 735. The highest BCUT2D eigenvalue weighted by molar-refractivity contribution is 5.85. The minimum absolute atomic E-state index is 0.0480. The highest BCUT2D eigenvalue weighted by Gasteiger charge is 2.37. The standard InChI is InChI=1S/C17H16F6N2O3/c1-9(3-4-24)14(15(27)28-2)25-13(26)7-10-5-11(16(18,19)20)8-12(6-10)17(21,22)23/h5-6,8-9,14H,3,7H2,1-2H3,(H,25,26)/t9-,14+/m0/s1. The topological polar surface area (TPSA) is 79.2 Å². The number of ether oxygens (including phenoxy) is 1. The van der Waals surface area contributed by atoms with Gasteiger partial charge in [-0.05, 0) is 23.8 Å². The van der Waals surface area contributed by atoms with E-state index in [-0.39, 0.29) is 12.5 Å². The summed E-state index contributed by atoms with van der Waals surface area (Å²) in [5.41, 5.74) is -3.63. The number of halogens is 6. The van der Waals surface area contributed by atoms with Crippen molar-refractivity contribution >= 4 is 11.9 Å². The quantitative estimate of drug-likeness (QED) is 0.575. The Morgan fingerprint density at radius 3 is 2.00 bits per heavy atom. The second kappa shape index (κ2) is 8.95. The zero-order chi connectivity index (χ0) is 21.7. The summed E-state index contributed by atoms with van der Waals surface area (Å²) < 4.78 is 81.7. The molecule has 0 unspecified atom stereocenters. The molecular weight excluding hydrogens is 394 g/mol. The molecule has 0 aliphatic carbocycles. The van der Waals surface area contributed by atoms with Crippen LogP contribution in [0.15, 0.2) is 18.2 Å². The lowest BCUT2D eigenvalue weighted by Gasteiger charge is -2.21. The Kier molecular flexibility index (Phi) is 7.43. The van der Waals surface area contributed by atoms with Crippen molar-refractivity contribution in [2.24, 2.45) is 5.92 Å². The SMILES string of the molecule is COC(=O)[C@H](NC(=O)Cc1cc(C(F)(F)F)cc(C(F)(F)F)c1)[C@@H](C)CC#N. The van der Waals surface area contributed by atoms with Gasteiger partial charge in [-0.15, -0.1) is 0 Å². The summed E-state index contributed by atoms with van der Waals surface area (Å²) in [5.74, 6) is -2.57. The summed E-state index contributed by atoms with van der Waals surface area (Å²) in [7, 11) is 1.03. The van der Waals surface area contributed by atoms with E-state index in [2.05, 4.69) is 10.1 Å². The Balaban J connectivity index is 3.13. The maximum atomic E-state index is 12.9. The fraction of sp³-hybridized carbons (Fsp3) is 0.471. The number of carbonyl (C=O) groups excluding carboxylic acids is 2. The fourth-order valence-electron chi connectivity index (χ4n) is 2.35. The van der Waals surface area contributed by atoms with Crippen LogP contribution in [0.5, 0.6) is 0 Å². The number of nitriles is 1. The molecule has 0 aromatic heterocycles. The first-order chi connectivity index (χ1) is 12.8. The maximum Gasteiger partial charge on any atom is 0.416 e. The number of hydrogen-bond acceptors (Lipinski definition) is 4. The number of rotatable bonds is 6. The molecule has 0 radical (unpaired) electrons. The number of nitrogens with one attached hydrogen (secondary N) is 1. The van der Waals surface area contributed by atoms with Crippen molar-refractivity contribution in [2.75, 3.05) is 7.11 Å². The van der Waals surface area contributed by atoms with Gasteiger partial charge >= 0.3 is 18.3 Å². The van der Waals surface area contributed by atoms with E-state index in [1.165, 1.54) is 6.92 Å². The minimum atomic E-state index is -5.04. The molecule has 1 N–H and O–H groups in total. The average Bonchev–Trinajstić information content (AvgIpc) is 2.57. The van der Waals surface area contributed by atoms with Crippen LogP contribution in [0.2, 0.25) is 0 Å². The van der Waals surface area contributed by atoms with E-state index in [4.69, 9.17) is 5.26 Å². The summed E-state index contributed by atoms with van der Waals surface area (Å²) in [4.78, 5) is 23.9. The van der Waals surface area contributed by atoms with Crippen LogP contribution in [0, 0.1) is 17.2 Å². The molecule has 0 fully saturated rings. The van der Waals surface area contributed by atoms with Crippen molar-refractivity contribution in [3.8, 4) is 6.07 Å². The van der Waals surface area contributed by atoms with Crippen molar-refractivity contribution in [1.82, 2.24) is 5.32 Å². The molecule has 154 valence electrons. The molecule has 0 aliphatic heterocycles. The Morgan fingerprint density at radius 1 is 1.11 bits per heavy atom. The Labute approximate surface area is 156 Å². The summed E-state index contributed by atoms with van der Waals surface area (Å²) in [6, 6.07) is 1.33. The Morgan fingerprint density at radius 2 is 1.61 bits per heavy atom. The molecule has 2 atom stereocenters. The molecule has 0 aliphatic rings. The third-order valence-corrected chi connectivity index (χ3v) is 3.77. The van der Waals surface area contributed by atoms with Gasteiger partial charge in [-0.2, -0.15) is 31.6 Å². The molecule has 0 saturated heterocycles. The number of amides is 1. The Hall–Kier alpha value is -2.77. The van der Waals surface area contributed by atoms with Crippen molar-refractivity contribution in [3.63, 3.8) is 0 Å². The molecule has 0 saturated carbocycles. The van der Waals surface area contributed by atoms with Crippen LogP contribution in [0.25, 0.3) is 0 Å². The third kappa shape index (κ3) is 6.44. The van der Waals surface area contributed by atoms with Crippen LogP contribution < -0.4 is 5.32 Å². The highest BCUT2D eigenvalue weighted by atomic mass is 19.4. The van der Waals surface area contributed by atoms with E-state index < -0.39 is 59.3 Å². The van der Waals surface area contributed by atoms with Crippen molar-refractivity contribution < 1.29 is 40.7 Å². The first-order valence-electron chi connectivity index (χ1n) is 7.82. The number of nitrogens with zero attached hydrogens (tertiary/aromatic N) is 1. The van der Waals surface area contributed by atoms with Gasteiger partial charge in [0.15, 0.2) is 0 Å². The first-order valence-corrected chi connectivity index (χ1v) is 7.82. The van der Waals surface area contributed by atoms with E-state index in [1.54, 1.807) is 6.07 Å². The molecule has 0 bridgehead atoms. The third-order valence-electron chi connectivity index (χ3n) is 3.77. The number of benzene rings is 1. The van der Waals surface area contributed by atoms with Crippen LogP contribution in [0.4, 0.5) is 26.3 Å². The summed E-state index contributed by atoms with van der Waals surface area (Å²) in [6.07, 6.45) is -11.0. The number of carbonyl (C=O) groups is 2. The predicted octanol–water partition coefficient (Wildman–Crippen LogP) is 3.47. The molecule has 1 amide bonds. The van der Waals surface area contributed by atoms with Crippen LogP contribution in [-0.2, 0) is 33.1 Å². The molecule has 0 heterocycles. The zero-order valence-corrected chi connectivity index (χ0v) is 14.7. The van der Waals surface area contributed by atoms with E-state index >= 15 is 0 Å². The number of methoxy groups -OCH3 is 1. The summed E-state index contributed by atoms with van der Waals surface area (Å²) in [6.45, 7) is 1.46. The van der Waals surface area contributed by atoms with Gasteiger partial charge in [-0.1, -0.05) is 6.92 Å². The maximum absolute atomic E-state index is 12.9. The molecule has 28 heavy (non-hydrogen) atoms. The molecule has 1 aromatic rings. The van der Waals surface area contributed by atoms with E-state index in [0.29, 0.717) is 12.1 Å². The van der Waals surface area contributed by atoms with Gasteiger partial charge in [-0.3, -0.25) is 4.79 Å². The smallest absolute Gasteiger partial charge is 0.416 e. The van der Waals surface area contributed by atoms with Crippen LogP contribution >= 0.6 is 0 Å². The van der Waals surface area contributed by atoms with Crippen molar-refractivity contribution in [1.29, 1.82) is 5.26 Å². The molecule has 1 rings (SSSR count). The van der Waals surface area contributed by atoms with Gasteiger partial charge in [0.05, 0.1) is 30.7 Å². The first kappa shape index (κ1) is 23.3. The number of esters is 1. The zero-order valence-electron chi connectivity index (χ0n) is 14.7.